The second-order valence-electron chi connectivity index (χ2n) is 4.16. The first-order chi connectivity index (χ1) is 8.09. The van der Waals surface area contributed by atoms with E-state index in [4.69, 9.17) is 23.2 Å². The quantitative estimate of drug-likeness (QED) is 0.850. The Labute approximate surface area is 110 Å². The van der Waals surface area contributed by atoms with Crippen LogP contribution < -0.4 is 0 Å². The van der Waals surface area contributed by atoms with Crippen molar-refractivity contribution in [2.75, 3.05) is 0 Å². The Balaban J connectivity index is 2.36. The molecule has 0 saturated carbocycles. The monoisotopic (exact) mass is 269 g/mol. The average Bonchev–Trinajstić information content (AvgIpc) is 2.64. The highest BCUT2D eigenvalue weighted by Gasteiger charge is 2.14. The van der Waals surface area contributed by atoms with Crippen molar-refractivity contribution < 1.29 is 0 Å². The molecule has 0 bridgehead atoms. The van der Waals surface area contributed by atoms with Crippen molar-refractivity contribution in [1.29, 1.82) is 0 Å². The lowest BCUT2D eigenvalue weighted by Crippen LogP contribution is -2.07. The number of hydrogen-bond donors (Lipinski definition) is 0. The van der Waals surface area contributed by atoms with Gasteiger partial charge in [0.05, 0.1) is 6.54 Å². The molecule has 0 N–H and O–H groups in total. The van der Waals surface area contributed by atoms with Crippen LogP contribution in [0.2, 0.25) is 10.3 Å². The Bertz CT molecular complexity index is 520. The van der Waals surface area contributed by atoms with Gasteiger partial charge in [0.15, 0.2) is 0 Å². The van der Waals surface area contributed by atoms with Crippen LogP contribution in [0, 0.1) is 0 Å². The van der Waals surface area contributed by atoms with Crippen molar-refractivity contribution in [2.24, 2.45) is 0 Å². The fraction of sp³-hybridized carbons (Fsp3) is 0.333. The molecule has 3 nitrogen and oxygen atoms in total. The van der Waals surface area contributed by atoms with Gasteiger partial charge in [-0.3, -0.25) is 4.57 Å². The van der Waals surface area contributed by atoms with Crippen LogP contribution in [0.15, 0.2) is 24.3 Å². The lowest BCUT2D eigenvalue weighted by atomic mass is 10.2. The molecule has 2 rings (SSSR count). The fourth-order valence-electron chi connectivity index (χ4n) is 1.67. The zero-order valence-corrected chi connectivity index (χ0v) is 11.2. The Morgan fingerprint density at radius 1 is 1.18 bits per heavy atom. The smallest absolute Gasteiger partial charge is 0.225 e. The average molecular weight is 270 g/mol. The van der Waals surface area contributed by atoms with Crippen molar-refractivity contribution >= 4 is 23.2 Å². The summed E-state index contributed by atoms with van der Waals surface area (Å²) in [5, 5.41) is 9.10. The highest BCUT2D eigenvalue weighted by atomic mass is 35.5. The Morgan fingerprint density at radius 2 is 1.88 bits per heavy atom. The number of halogens is 2. The van der Waals surface area contributed by atoms with Gasteiger partial charge >= 0.3 is 0 Å². The standard InChI is InChI=1S/C12H13Cl2N3/c1-8(2)11-15-16-12(14)17(11)7-9-5-3-4-6-10(9)13/h3-6,8H,7H2,1-2H3. The molecule has 90 valence electrons. The third-order valence-electron chi connectivity index (χ3n) is 2.54. The second-order valence-corrected chi connectivity index (χ2v) is 4.90. The minimum atomic E-state index is 0.275. The summed E-state index contributed by atoms with van der Waals surface area (Å²) in [7, 11) is 0. The van der Waals surface area contributed by atoms with E-state index in [9.17, 15) is 0 Å². The fourth-order valence-corrected chi connectivity index (χ4v) is 2.04. The van der Waals surface area contributed by atoms with Gasteiger partial charge in [-0.15, -0.1) is 10.2 Å². The number of benzene rings is 1. The van der Waals surface area contributed by atoms with Crippen LogP contribution in [-0.2, 0) is 6.54 Å². The van der Waals surface area contributed by atoms with Gasteiger partial charge in [0, 0.05) is 10.9 Å². The van der Waals surface area contributed by atoms with Crippen LogP contribution in [0.3, 0.4) is 0 Å². The van der Waals surface area contributed by atoms with E-state index in [2.05, 4.69) is 24.0 Å². The van der Waals surface area contributed by atoms with Gasteiger partial charge in [-0.05, 0) is 23.2 Å². The molecule has 0 saturated heterocycles. The summed E-state index contributed by atoms with van der Waals surface area (Å²) >= 11 is 12.2. The van der Waals surface area contributed by atoms with Crippen LogP contribution in [0.25, 0.3) is 0 Å². The highest BCUT2D eigenvalue weighted by molar-refractivity contribution is 6.31. The maximum Gasteiger partial charge on any atom is 0.225 e. The lowest BCUT2D eigenvalue weighted by Gasteiger charge is -2.10. The van der Waals surface area contributed by atoms with E-state index >= 15 is 0 Å². The molecular formula is C12H13Cl2N3. The van der Waals surface area contributed by atoms with E-state index in [1.54, 1.807) is 0 Å². The minimum Gasteiger partial charge on any atom is -0.297 e. The highest BCUT2D eigenvalue weighted by Crippen LogP contribution is 2.21. The van der Waals surface area contributed by atoms with E-state index < -0.39 is 0 Å². The van der Waals surface area contributed by atoms with Crippen molar-refractivity contribution in [3.05, 3.63) is 46.0 Å². The number of rotatable bonds is 3. The molecule has 0 aliphatic rings. The molecule has 0 aliphatic carbocycles. The van der Waals surface area contributed by atoms with Crippen LogP contribution >= 0.6 is 23.2 Å². The summed E-state index contributed by atoms with van der Waals surface area (Å²) in [6.45, 7) is 4.71. The molecule has 0 unspecified atom stereocenters. The first-order valence-electron chi connectivity index (χ1n) is 5.41. The van der Waals surface area contributed by atoms with Gasteiger partial charge in [0.1, 0.15) is 5.82 Å². The van der Waals surface area contributed by atoms with Crippen molar-refractivity contribution in [1.82, 2.24) is 14.8 Å². The molecule has 0 radical (unpaired) electrons. The summed E-state index contributed by atoms with van der Waals surface area (Å²) in [6.07, 6.45) is 0. The maximum atomic E-state index is 6.13. The third kappa shape index (κ3) is 2.61. The maximum absolute atomic E-state index is 6.13. The van der Waals surface area contributed by atoms with Crippen LogP contribution in [-0.4, -0.2) is 14.8 Å². The first kappa shape index (κ1) is 12.4. The van der Waals surface area contributed by atoms with Crippen molar-refractivity contribution in [2.45, 2.75) is 26.3 Å². The summed E-state index contributed by atoms with van der Waals surface area (Å²) < 4.78 is 1.88. The van der Waals surface area contributed by atoms with Crippen LogP contribution in [0.4, 0.5) is 0 Å². The molecule has 0 fully saturated rings. The summed E-state index contributed by atoms with van der Waals surface area (Å²) in [6, 6.07) is 7.70. The first-order valence-corrected chi connectivity index (χ1v) is 6.17. The van der Waals surface area contributed by atoms with E-state index in [-0.39, 0.29) is 5.92 Å². The minimum absolute atomic E-state index is 0.275. The predicted molar refractivity (Wildman–Crippen MR) is 69.7 cm³/mol. The normalized spacial score (nSPS) is 11.1. The number of hydrogen-bond acceptors (Lipinski definition) is 2. The molecule has 5 heteroatoms. The Kier molecular flexibility index (Phi) is 3.69. The molecule has 1 aromatic carbocycles. The summed E-state index contributed by atoms with van der Waals surface area (Å²) in [4.78, 5) is 0. The van der Waals surface area contributed by atoms with Crippen molar-refractivity contribution in [3.63, 3.8) is 0 Å². The third-order valence-corrected chi connectivity index (χ3v) is 3.19. The lowest BCUT2D eigenvalue weighted by molar-refractivity contribution is 0.669. The van der Waals surface area contributed by atoms with Crippen LogP contribution in [0.1, 0.15) is 31.2 Å². The summed E-state index contributed by atoms with van der Waals surface area (Å²) in [5.74, 6) is 1.15. The molecule has 0 amide bonds. The predicted octanol–water partition coefficient (Wildman–Crippen LogP) is 3.76. The Morgan fingerprint density at radius 3 is 2.53 bits per heavy atom. The molecular weight excluding hydrogens is 257 g/mol. The van der Waals surface area contributed by atoms with Gasteiger partial charge in [-0.25, -0.2) is 0 Å². The summed E-state index contributed by atoms with van der Waals surface area (Å²) in [5.41, 5.74) is 1.01. The van der Waals surface area contributed by atoms with E-state index in [0.717, 1.165) is 16.4 Å². The number of aromatic nitrogens is 3. The Hall–Kier alpha value is -1.06. The molecule has 17 heavy (non-hydrogen) atoms. The van der Waals surface area contributed by atoms with Gasteiger partial charge in [0.25, 0.3) is 0 Å². The van der Waals surface area contributed by atoms with Crippen molar-refractivity contribution in [3.8, 4) is 0 Å². The zero-order valence-electron chi connectivity index (χ0n) is 9.69. The largest absolute Gasteiger partial charge is 0.297 e. The molecule has 0 atom stereocenters. The van der Waals surface area contributed by atoms with Crippen LogP contribution in [0.5, 0.6) is 0 Å². The topological polar surface area (TPSA) is 30.7 Å². The van der Waals surface area contributed by atoms with Gasteiger partial charge in [-0.1, -0.05) is 43.6 Å². The zero-order chi connectivity index (χ0) is 12.4. The molecule has 0 aliphatic heterocycles. The molecule has 1 heterocycles. The molecule has 2 aromatic rings. The SMILES string of the molecule is CC(C)c1nnc(Cl)n1Cc1ccccc1Cl. The van der Waals surface area contributed by atoms with Gasteiger partial charge in [0.2, 0.25) is 5.28 Å². The number of nitrogens with zero attached hydrogens (tertiary/aromatic N) is 3. The molecule has 1 aromatic heterocycles. The van der Waals surface area contributed by atoms with Gasteiger partial charge in [-0.2, -0.15) is 0 Å². The molecule has 0 spiro atoms. The van der Waals surface area contributed by atoms with E-state index in [1.807, 2.05) is 28.8 Å². The van der Waals surface area contributed by atoms with E-state index in [1.165, 1.54) is 0 Å². The van der Waals surface area contributed by atoms with Gasteiger partial charge < -0.3 is 0 Å². The second kappa shape index (κ2) is 5.07. The van der Waals surface area contributed by atoms with E-state index in [0.29, 0.717) is 11.8 Å².